The molecule has 8 heteroatoms. The van der Waals surface area contributed by atoms with Gasteiger partial charge in [0, 0.05) is 37.8 Å². The average molecular weight is 354 g/mol. The van der Waals surface area contributed by atoms with Gasteiger partial charge < -0.3 is 5.73 Å². The number of nitrogens with two attached hydrogens (primary N) is 1. The van der Waals surface area contributed by atoms with Crippen molar-refractivity contribution >= 4 is 5.95 Å². The van der Waals surface area contributed by atoms with E-state index < -0.39 is 0 Å². The highest BCUT2D eigenvalue weighted by molar-refractivity contribution is 5.33. The first-order valence-corrected chi connectivity index (χ1v) is 8.40. The average Bonchev–Trinajstić information content (AvgIpc) is 2.97. The van der Waals surface area contributed by atoms with Crippen LogP contribution >= 0.6 is 0 Å². The highest BCUT2D eigenvalue weighted by atomic mass is 19.1. The van der Waals surface area contributed by atoms with Crippen LogP contribution in [0, 0.1) is 12.7 Å². The molecule has 26 heavy (non-hydrogen) atoms. The maximum atomic E-state index is 13.1. The smallest absolute Gasteiger partial charge is 0.257 e. The molecular weight excluding hydrogens is 335 g/mol. The third kappa shape index (κ3) is 3.11. The van der Waals surface area contributed by atoms with Crippen LogP contribution in [0.3, 0.4) is 0 Å². The number of rotatable bonds is 3. The monoisotopic (exact) mass is 354 g/mol. The Kier molecular flexibility index (Phi) is 4.04. The predicted octanol–water partition coefficient (Wildman–Crippen LogP) is 1.54. The molecule has 1 aliphatic heterocycles. The lowest BCUT2D eigenvalue weighted by atomic mass is 10.1. The fourth-order valence-electron chi connectivity index (χ4n) is 3.25. The van der Waals surface area contributed by atoms with Crippen LogP contribution in [0.1, 0.15) is 22.5 Å². The topological polar surface area (TPSA) is 92.8 Å². The lowest BCUT2D eigenvalue weighted by Gasteiger charge is -2.27. The number of aromatic nitrogens is 4. The van der Waals surface area contributed by atoms with Crippen LogP contribution in [0.15, 0.2) is 35.3 Å². The molecule has 0 bridgehead atoms. The van der Waals surface area contributed by atoms with Crippen LogP contribution in [0.4, 0.5) is 10.3 Å². The van der Waals surface area contributed by atoms with Crippen molar-refractivity contribution in [3.63, 3.8) is 0 Å². The molecule has 0 saturated heterocycles. The zero-order valence-electron chi connectivity index (χ0n) is 14.4. The first-order valence-electron chi connectivity index (χ1n) is 8.40. The molecule has 0 amide bonds. The molecule has 0 saturated carbocycles. The van der Waals surface area contributed by atoms with Crippen molar-refractivity contribution in [3.05, 3.63) is 69.1 Å². The molecule has 0 atom stereocenters. The Morgan fingerprint density at radius 3 is 2.85 bits per heavy atom. The summed E-state index contributed by atoms with van der Waals surface area (Å²) >= 11 is 0. The zero-order valence-corrected chi connectivity index (χ0v) is 14.4. The number of aromatic amines is 1. The maximum absolute atomic E-state index is 13.1. The van der Waals surface area contributed by atoms with Crippen molar-refractivity contribution in [3.8, 4) is 5.69 Å². The van der Waals surface area contributed by atoms with Crippen LogP contribution in [0.2, 0.25) is 0 Å². The number of hydrogen-bond donors (Lipinski definition) is 2. The SMILES string of the molecule is Cc1nn(-c2ccc(F)cc2)cc1CN1CCc2nc(N)[nH]c(=O)c2C1. The van der Waals surface area contributed by atoms with Crippen molar-refractivity contribution in [2.24, 2.45) is 0 Å². The third-order valence-electron chi connectivity index (χ3n) is 4.65. The second-order valence-electron chi connectivity index (χ2n) is 6.50. The Balaban J connectivity index is 1.55. The highest BCUT2D eigenvalue weighted by Gasteiger charge is 2.22. The van der Waals surface area contributed by atoms with E-state index in [1.165, 1.54) is 12.1 Å². The minimum absolute atomic E-state index is 0.165. The second-order valence-corrected chi connectivity index (χ2v) is 6.50. The lowest BCUT2D eigenvalue weighted by molar-refractivity contribution is 0.241. The summed E-state index contributed by atoms with van der Waals surface area (Å²) in [5.41, 5.74) is 9.68. The van der Waals surface area contributed by atoms with Crippen LogP contribution in [0.5, 0.6) is 0 Å². The van der Waals surface area contributed by atoms with Gasteiger partial charge in [0.05, 0.1) is 22.6 Å². The molecule has 0 radical (unpaired) electrons. The van der Waals surface area contributed by atoms with Gasteiger partial charge in [-0.3, -0.25) is 14.7 Å². The largest absolute Gasteiger partial charge is 0.369 e. The second kappa shape index (κ2) is 6.38. The number of anilines is 1. The number of nitrogens with zero attached hydrogens (tertiary/aromatic N) is 4. The summed E-state index contributed by atoms with van der Waals surface area (Å²) in [5, 5.41) is 4.52. The normalized spacial score (nSPS) is 14.4. The van der Waals surface area contributed by atoms with E-state index in [9.17, 15) is 9.18 Å². The van der Waals surface area contributed by atoms with E-state index in [2.05, 4.69) is 20.0 Å². The minimum Gasteiger partial charge on any atom is -0.369 e. The van der Waals surface area contributed by atoms with Gasteiger partial charge in [0.2, 0.25) is 5.95 Å². The van der Waals surface area contributed by atoms with Crippen LogP contribution in [0.25, 0.3) is 5.69 Å². The first-order chi connectivity index (χ1) is 12.5. The van der Waals surface area contributed by atoms with Crippen LogP contribution < -0.4 is 11.3 Å². The number of H-pyrrole nitrogens is 1. The molecule has 3 aromatic rings. The summed E-state index contributed by atoms with van der Waals surface area (Å²) in [4.78, 5) is 21.1. The number of nitrogen functional groups attached to an aromatic ring is 1. The van der Waals surface area contributed by atoms with Crippen molar-refractivity contribution in [2.45, 2.75) is 26.4 Å². The highest BCUT2D eigenvalue weighted by Crippen LogP contribution is 2.19. The van der Waals surface area contributed by atoms with E-state index in [0.29, 0.717) is 25.1 Å². The number of nitrogens with one attached hydrogen (secondary N) is 1. The summed E-state index contributed by atoms with van der Waals surface area (Å²) in [6, 6.07) is 6.22. The van der Waals surface area contributed by atoms with Crippen molar-refractivity contribution in [1.29, 1.82) is 0 Å². The van der Waals surface area contributed by atoms with Crippen LogP contribution in [-0.2, 0) is 19.5 Å². The Labute approximate surface area is 149 Å². The fourth-order valence-corrected chi connectivity index (χ4v) is 3.25. The summed E-state index contributed by atoms with van der Waals surface area (Å²) in [7, 11) is 0. The van der Waals surface area contributed by atoms with Gasteiger partial charge in [-0.2, -0.15) is 5.10 Å². The molecule has 4 rings (SSSR count). The Hall–Kier alpha value is -3.00. The first kappa shape index (κ1) is 16.5. The van der Waals surface area contributed by atoms with Gasteiger partial charge in [0.15, 0.2) is 0 Å². The van der Waals surface area contributed by atoms with E-state index in [1.54, 1.807) is 16.8 Å². The van der Waals surface area contributed by atoms with Crippen molar-refractivity contribution in [2.75, 3.05) is 12.3 Å². The predicted molar refractivity (Wildman–Crippen MR) is 95.3 cm³/mol. The Morgan fingerprint density at radius 2 is 2.08 bits per heavy atom. The summed E-state index contributed by atoms with van der Waals surface area (Å²) < 4.78 is 14.8. The van der Waals surface area contributed by atoms with Crippen LogP contribution in [-0.4, -0.2) is 31.2 Å². The summed E-state index contributed by atoms with van der Waals surface area (Å²) in [6.07, 6.45) is 2.64. The molecule has 3 N–H and O–H groups in total. The molecule has 0 fully saturated rings. The Morgan fingerprint density at radius 1 is 1.31 bits per heavy atom. The molecule has 3 heterocycles. The Bertz CT molecular complexity index is 1010. The van der Waals surface area contributed by atoms with Gasteiger partial charge in [-0.25, -0.2) is 14.1 Å². The molecule has 0 unspecified atom stereocenters. The molecule has 1 aromatic carbocycles. The molecule has 0 spiro atoms. The van der Waals surface area contributed by atoms with Gasteiger partial charge in [0.25, 0.3) is 5.56 Å². The number of aryl methyl sites for hydroxylation is 1. The van der Waals surface area contributed by atoms with Crippen molar-refractivity contribution in [1.82, 2.24) is 24.6 Å². The molecule has 2 aromatic heterocycles. The summed E-state index contributed by atoms with van der Waals surface area (Å²) in [6.45, 7) is 3.95. The van der Waals surface area contributed by atoms with Gasteiger partial charge in [-0.1, -0.05) is 0 Å². The molecule has 134 valence electrons. The van der Waals surface area contributed by atoms with Gasteiger partial charge in [0.1, 0.15) is 5.82 Å². The van der Waals surface area contributed by atoms with Gasteiger partial charge >= 0.3 is 0 Å². The van der Waals surface area contributed by atoms with E-state index in [-0.39, 0.29) is 17.3 Å². The number of halogens is 1. The lowest BCUT2D eigenvalue weighted by Crippen LogP contribution is -2.35. The summed E-state index contributed by atoms with van der Waals surface area (Å²) in [5.74, 6) is -0.108. The number of hydrogen-bond acceptors (Lipinski definition) is 5. The third-order valence-corrected chi connectivity index (χ3v) is 4.65. The number of benzene rings is 1. The van der Waals surface area contributed by atoms with E-state index in [0.717, 1.165) is 29.2 Å². The standard InChI is InChI=1S/C18H19FN6O/c1-11-12(9-25(23-11)14-4-2-13(19)3-5-14)8-24-7-6-16-15(10-24)17(26)22-18(20)21-16/h2-5,9H,6-8,10H2,1H3,(H3,20,21,22,26). The molecule has 1 aliphatic rings. The molecule has 0 aliphatic carbocycles. The van der Waals surface area contributed by atoms with Gasteiger partial charge in [-0.05, 0) is 31.2 Å². The minimum atomic E-state index is -0.274. The molecular formula is C18H19FN6O. The molecule has 7 nitrogen and oxygen atoms in total. The zero-order chi connectivity index (χ0) is 18.3. The quantitative estimate of drug-likeness (QED) is 0.744. The number of fused-ring (bicyclic) bond motifs is 1. The van der Waals surface area contributed by atoms with E-state index >= 15 is 0 Å². The van der Waals surface area contributed by atoms with E-state index in [4.69, 9.17) is 5.73 Å². The fraction of sp³-hybridized carbons (Fsp3) is 0.278. The maximum Gasteiger partial charge on any atom is 0.257 e. The van der Waals surface area contributed by atoms with Crippen molar-refractivity contribution < 1.29 is 4.39 Å². The van der Waals surface area contributed by atoms with Gasteiger partial charge in [-0.15, -0.1) is 0 Å². The van der Waals surface area contributed by atoms with E-state index in [1.807, 2.05) is 13.1 Å².